The number of halogens is 1. The third-order valence-corrected chi connectivity index (χ3v) is 5.11. The molecule has 0 amide bonds. The van der Waals surface area contributed by atoms with Gasteiger partial charge in [0.1, 0.15) is 0 Å². The topological polar surface area (TPSA) is 42.1 Å². The number of likely N-dealkylation sites (N-methyl/N-ethyl adjacent to an activating group) is 1. The second-order valence-corrected chi connectivity index (χ2v) is 7.42. The number of thiophene rings is 1. The molecule has 5 heteroatoms. The molecule has 0 bridgehead atoms. The Morgan fingerprint density at radius 1 is 1.30 bits per heavy atom. The zero-order valence-corrected chi connectivity index (χ0v) is 14.2. The van der Waals surface area contributed by atoms with E-state index in [9.17, 15) is 0 Å². The molecule has 2 aromatic heterocycles. The summed E-state index contributed by atoms with van der Waals surface area (Å²) in [6.45, 7) is 3.01. The molecule has 0 aliphatic carbocycles. The van der Waals surface area contributed by atoms with E-state index in [2.05, 4.69) is 64.1 Å². The molecule has 0 aromatic carbocycles. The van der Waals surface area contributed by atoms with Crippen LogP contribution in [0.15, 0.2) is 40.4 Å². The van der Waals surface area contributed by atoms with Crippen molar-refractivity contribution in [3.05, 3.63) is 50.9 Å². The van der Waals surface area contributed by atoms with Crippen LogP contribution in [0, 0.1) is 0 Å². The SMILES string of the molecule is CCC(N)C(c1ccc(Br)s1)N(C)Cc1ccncc1. The predicted molar refractivity (Wildman–Crippen MR) is 88.7 cm³/mol. The van der Waals surface area contributed by atoms with E-state index in [1.807, 2.05) is 12.4 Å². The van der Waals surface area contributed by atoms with Crippen LogP contribution in [0.5, 0.6) is 0 Å². The van der Waals surface area contributed by atoms with Gasteiger partial charge in [0, 0.05) is 29.9 Å². The molecule has 3 nitrogen and oxygen atoms in total. The average molecular weight is 354 g/mol. The predicted octanol–water partition coefficient (Wildman–Crippen LogP) is 3.82. The maximum absolute atomic E-state index is 6.35. The molecule has 0 radical (unpaired) electrons. The third kappa shape index (κ3) is 3.88. The van der Waals surface area contributed by atoms with Gasteiger partial charge < -0.3 is 5.73 Å². The number of aromatic nitrogens is 1. The molecule has 0 aliphatic heterocycles. The molecule has 2 N–H and O–H groups in total. The van der Waals surface area contributed by atoms with Gasteiger partial charge in [-0.05, 0) is 59.2 Å². The lowest BCUT2D eigenvalue weighted by atomic mass is 10.0. The van der Waals surface area contributed by atoms with Crippen molar-refractivity contribution in [1.82, 2.24) is 9.88 Å². The van der Waals surface area contributed by atoms with Gasteiger partial charge in [0.15, 0.2) is 0 Å². The molecular weight excluding hydrogens is 334 g/mol. The van der Waals surface area contributed by atoms with E-state index in [0.717, 1.165) is 16.8 Å². The fraction of sp³-hybridized carbons (Fsp3) is 0.400. The van der Waals surface area contributed by atoms with E-state index in [1.54, 1.807) is 11.3 Å². The molecule has 20 heavy (non-hydrogen) atoms. The van der Waals surface area contributed by atoms with Crippen molar-refractivity contribution in [3.8, 4) is 0 Å². The lowest BCUT2D eigenvalue weighted by Crippen LogP contribution is -2.38. The lowest BCUT2D eigenvalue weighted by Gasteiger charge is -2.31. The van der Waals surface area contributed by atoms with E-state index in [-0.39, 0.29) is 12.1 Å². The van der Waals surface area contributed by atoms with Crippen molar-refractivity contribution < 1.29 is 0 Å². The van der Waals surface area contributed by atoms with Gasteiger partial charge in [-0.2, -0.15) is 0 Å². The fourth-order valence-corrected chi connectivity index (χ4v) is 4.01. The van der Waals surface area contributed by atoms with Gasteiger partial charge >= 0.3 is 0 Å². The lowest BCUT2D eigenvalue weighted by molar-refractivity contribution is 0.205. The van der Waals surface area contributed by atoms with E-state index in [4.69, 9.17) is 5.73 Å². The van der Waals surface area contributed by atoms with E-state index < -0.39 is 0 Å². The summed E-state index contributed by atoms with van der Waals surface area (Å²) >= 11 is 5.30. The second-order valence-electron chi connectivity index (χ2n) is 4.93. The van der Waals surface area contributed by atoms with Crippen LogP contribution in [0.25, 0.3) is 0 Å². The van der Waals surface area contributed by atoms with Gasteiger partial charge in [-0.1, -0.05) is 6.92 Å². The number of hydrogen-bond acceptors (Lipinski definition) is 4. The van der Waals surface area contributed by atoms with E-state index >= 15 is 0 Å². The molecular formula is C15H20BrN3S. The van der Waals surface area contributed by atoms with Crippen molar-refractivity contribution >= 4 is 27.3 Å². The highest BCUT2D eigenvalue weighted by Gasteiger charge is 2.24. The highest BCUT2D eigenvalue weighted by atomic mass is 79.9. The smallest absolute Gasteiger partial charge is 0.0702 e. The average Bonchev–Trinajstić information content (AvgIpc) is 2.86. The second kappa shape index (κ2) is 7.31. The van der Waals surface area contributed by atoms with Crippen LogP contribution >= 0.6 is 27.3 Å². The van der Waals surface area contributed by atoms with Gasteiger partial charge in [-0.25, -0.2) is 0 Å². The summed E-state index contributed by atoms with van der Waals surface area (Å²) in [5.41, 5.74) is 7.61. The van der Waals surface area contributed by atoms with Crippen LogP contribution in [0.3, 0.4) is 0 Å². The van der Waals surface area contributed by atoms with Crippen LogP contribution in [0.1, 0.15) is 29.8 Å². The molecule has 2 atom stereocenters. The third-order valence-electron chi connectivity index (χ3n) is 3.42. The van der Waals surface area contributed by atoms with Crippen LogP contribution < -0.4 is 5.73 Å². The summed E-state index contributed by atoms with van der Waals surface area (Å²) in [7, 11) is 2.13. The molecule has 2 rings (SSSR count). The molecule has 2 unspecified atom stereocenters. The van der Waals surface area contributed by atoms with Gasteiger partial charge in [0.05, 0.1) is 9.83 Å². The van der Waals surface area contributed by atoms with Gasteiger partial charge in [0.2, 0.25) is 0 Å². The standard InChI is InChI=1S/C15H20BrN3S/c1-3-12(17)15(13-4-5-14(16)20-13)19(2)10-11-6-8-18-9-7-11/h4-9,12,15H,3,10,17H2,1-2H3. The molecule has 2 heterocycles. The van der Waals surface area contributed by atoms with Crippen LogP contribution in [-0.4, -0.2) is 23.0 Å². The summed E-state index contributed by atoms with van der Waals surface area (Å²) in [4.78, 5) is 7.69. The zero-order valence-electron chi connectivity index (χ0n) is 11.8. The van der Waals surface area contributed by atoms with E-state index in [1.165, 1.54) is 10.4 Å². The fourth-order valence-electron chi connectivity index (χ4n) is 2.34. The highest BCUT2D eigenvalue weighted by Crippen LogP contribution is 2.33. The monoisotopic (exact) mass is 353 g/mol. The first-order chi connectivity index (χ1) is 9.61. The Bertz CT molecular complexity index is 529. The molecule has 2 aromatic rings. The molecule has 0 fully saturated rings. The maximum atomic E-state index is 6.35. The molecule has 0 saturated heterocycles. The van der Waals surface area contributed by atoms with Gasteiger partial charge in [-0.15, -0.1) is 11.3 Å². The summed E-state index contributed by atoms with van der Waals surface area (Å²) in [5, 5.41) is 0. The minimum absolute atomic E-state index is 0.132. The number of hydrogen-bond donors (Lipinski definition) is 1. The minimum Gasteiger partial charge on any atom is -0.326 e. The Labute approximate surface area is 133 Å². The number of rotatable bonds is 6. The molecule has 0 aliphatic rings. The number of nitrogens with two attached hydrogens (primary N) is 1. The normalized spacial score (nSPS) is 14.4. The van der Waals surface area contributed by atoms with Crippen LogP contribution in [0.2, 0.25) is 0 Å². The largest absolute Gasteiger partial charge is 0.326 e. The quantitative estimate of drug-likeness (QED) is 0.858. The zero-order chi connectivity index (χ0) is 14.5. The summed E-state index contributed by atoms with van der Waals surface area (Å²) in [5.74, 6) is 0. The van der Waals surface area contributed by atoms with Gasteiger partial charge in [-0.3, -0.25) is 9.88 Å². The molecule has 108 valence electrons. The molecule has 0 spiro atoms. The van der Waals surface area contributed by atoms with Crippen molar-refractivity contribution in [3.63, 3.8) is 0 Å². The van der Waals surface area contributed by atoms with Crippen molar-refractivity contribution in [2.75, 3.05) is 7.05 Å². The maximum Gasteiger partial charge on any atom is 0.0702 e. The Hall–Kier alpha value is -0.750. The summed E-state index contributed by atoms with van der Waals surface area (Å²) in [6.07, 6.45) is 4.63. The Morgan fingerprint density at radius 3 is 2.55 bits per heavy atom. The Balaban J connectivity index is 2.18. The van der Waals surface area contributed by atoms with Crippen molar-refractivity contribution in [2.45, 2.75) is 32.0 Å². The first-order valence-electron chi connectivity index (χ1n) is 6.71. The van der Waals surface area contributed by atoms with Gasteiger partial charge in [0.25, 0.3) is 0 Å². The number of pyridine rings is 1. The first-order valence-corrected chi connectivity index (χ1v) is 8.32. The highest BCUT2D eigenvalue weighted by molar-refractivity contribution is 9.11. The summed E-state index contributed by atoms with van der Waals surface area (Å²) < 4.78 is 1.15. The number of nitrogens with zero attached hydrogens (tertiary/aromatic N) is 2. The Morgan fingerprint density at radius 2 is 2.00 bits per heavy atom. The first kappa shape index (κ1) is 15.6. The molecule has 0 saturated carbocycles. The summed E-state index contributed by atoms with van der Waals surface area (Å²) in [6, 6.07) is 8.73. The van der Waals surface area contributed by atoms with Crippen molar-refractivity contribution in [1.29, 1.82) is 0 Å². The minimum atomic E-state index is 0.132. The van der Waals surface area contributed by atoms with Crippen LogP contribution in [0.4, 0.5) is 0 Å². The van der Waals surface area contributed by atoms with Crippen molar-refractivity contribution in [2.24, 2.45) is 5.73 Å². The van der Waals surface area contributed by atoms with Crippen LogP contribution in [-0.2, 0) is 6.54 Å². The van der Waals surface area contributed by atoms with E-state index in [0.29, 0.717) is 0 Å². The Kier molecular flexibility index (Phi) is 5.72.